The van der Waals surface area contributed by atoms with E-state index in [0.29, 0.717) is 12.0 Å². The lowest BCUT2D eigenvalue weighted by Gasteiger charge is -2.34. The summed E-state index contributed by atoms with van der Waals surface area (Å²) in [5.74, 6) is 0.885. The first-order chi connectivity index (χ1) is 11.1. The number of carbonyl (C=O) groups is 1. The summed E-state index contributed by atoms with van der Waals surface area (Å²) >= 11 is 6.04. The van der Waals surface area contributed by atoms with Gasteiger partial charge in [-0.15, -0.1) is 0 Å². The van der Waals surface area contributed by atoms with E-state index in [-0.39, 0.29) is 11.9 Å². The van der Waals surface area contributed by atoms with Crippen LogP contribution in [0.2, 0.25) is 5.02 Å². The summed E-state index contributed by atoms with van der Waals surface area (Å²) in [5, 5.41) is 4.04. The number of nitrogens with one attached hydrogen (secondary N) is 2. The van der Waals surface area contributed by atoms with E-state index in [1.54, 1.807) is 0 Å². The second kappa shape index (κ2) is 7.67. The predicted octanol–water partition coefficient (Wildman–Crippen LogP) is 2.75. The van der Waals surface area contributed by atoms with Crippen LogP contribution in [0.15, 0.2) is 24.3 Å². The van der Waals surface area contributed by atoms with Crippen molar-refractivity contribution in [2.24, 2.45) is 5.92 Å². The number of hydrogen-bond donors (Lipinski definition) is 2. The van der Waals surface area contributed by atoms with Crippen LogP contribution < -0.4 is 10.2 Å². The third-order valence-electron chi connectivity index (χ3n) is 5.38. The highest BCUT2D eigenvalue weighted by atomic mass is 35.5. The summed E-state index contributed by atoms with van der Waals surface area (Å²) in [6.45, 7) is 4.45. The molecule has 1 amide bonds. The van der Waals surface area contributed by atoms with E-state index in [0.717, 1.165) is 36.5 Å². The Balaban J connectivity index is 1.79. The van der Waals surface area contributed by atoms with E-state index < -0.39 is 0 Å². The van der Waals surface area contributed by atoms with Crippen molar-refractivity contribution in [3.8, 4) is 0 Å². The summed E-state index contributed by atoms with van der Waals surface area (Å²) in [5.41, 5.74) is 1.09. The van der Waals surface area contributed by atoms with Crippen molar-refractivity contribution in [1.29, 1.82) is 0 Å². The smallest absolute Gasteiger partial charge is 0.283 e. The van der Waals surface area contributed by atoms with Crippen molar-refractivity contribution in [3.05, 3.63) is 34.9 Å². The van der Waals surface area contributed by atoms with Crippen LogP contribution in [-0.4, -0.2) is 25.0 Å². The fourth-order valence-electron chi connectivity index (χ4n) is 4.17. The van der Waals surface area contributed by atoms with Crippen molar-refractivity contribution >= 4 is 17.5 Å². The van der Waals surface area contributed by atoms with Gasteiger partial charge in [-0.3, -0.25) is 4.79 Å². The average Bonchev–Trinajstić information content (AvgIpc) is 3.02. The van der Waals surface area contributed by atoms with E-state index in [1.807, 2.05) is 24.3 Å². The number of hydrogen-bond acceptors (Lipinski definition) is 1. The van der Waals surface area contributed by atoms with Crippen LogP contribution in [-0.2, 0) is 4.79 Å². The van der Waals surface area contributed by atoms with Gasteiger partial charge in [0.2, 0.25) is 0 Å². The molecule has 1 aromatic carbocycles. The van der Waals surface area contributed by atoms with E-state index in [1.165, 1.54) is 30.6 Å². The second-order valence-electron chi connectivity index (χ2n) is 7.33. The van der Waals surface area contributed by atoms with Crippen molar-refractivity contribution in [1.82, 2.24) is 5.32 Å². The first kappa shape index (κ1) is 16.8. The number of rotatable bonds is 4. The Labute approximate surface area is 144 Å². The summed E-state index contributed by atoms with van der Waals surface area (Å²) < 4.78 is 0. The molecule has 2 N–H and O–H groups in total. The zero-order valence-corrected chi connectivity index (χ0v) is 14.7. The number of carbonyl (C=O) groups excluding carboxylic acids is 1. The van der Waals surface area contributed by atoms with Gasteiger partial charge in [-0.05, 0) is 37.8 Å². The number of piperidine rings is 1. The summed E-state index contributed by atoms with van der Waals surface area (Å²) in [4.78, 5) is 14.4. The molecule has 0 bridgehead atoms. The van der Waals surface area contributed by atoms with Crippen LogP contribution in [0.4, 0.5) is 0 Å². The van der Waals surface area contributed by atoms with Crippen molar-refractivity contribution < 1.29 is 9.69 Å². The minimum Gasteiger partial charge on any atom is -0.348 e. The molecule has 1 saturated carbocycles. The molecule has 1 saturated heterocycles. The Kier molecular flexibility index (Phi) is 5.60. The molecular weight excluding hydrogens is 308 g/mol. The van der Waals surface area contributed by atoms with Gasteiger partial charge >= 0.3 is 0 Å². The van der Waals surface area contributed by atoms with Gasteiger partial charge in [-0.2, -0.15) is 0 Å². The maximum atomic E-state index is 13.0. The molecule has 2 fully saturated rings. The van der Waals surface area contributed by atoms with E-state index >= 15 is 0 Å². The Morgan fingerprint density at radius 1 is 1.17 bits per heavy atom. The van der Waals surface area contributed by atoms with Gasteiger partial charge in [0.25, 0.3) is 5.91 Å². The van der Waals surface area contributed by atoms with Gasteiger partial charge in [0.05, 0.1) is 13.1 Å². The van der Waals surface area contributed by atoms with Gasteiger partial charge in [0.15, 0.2) is 6.04 Å². The molecular formula is C19H28ClN2O+. The minimum absolute atomic E-state index is 0.101. The van der Waals surface area contributed by atoms with Gasteiger partial charge < -0.3 is 10.2 Å². The second-order valence-corrected chi connectivity index (χ2v) is 7.77. The number of benzene rings is 1. The third-order valence-corrected chi connectivity index (χ3v) is 5.63. The molecule has 3 unspecified atom stereocenters. The van der Waals surface area contributed by atoms with E-state index in [4.69, 9.17) is 11.6 Å². The van der Waals surface area contributed by atoms with Gasteiger partial charge in [-0.1, -0.05) is 43.5 Å². The van der Waals surface area contributed by atoms with E-state index in [2.05, 4.69) is 12.2 Å². The largest absolute Gasteiger partial charge is 0.348 e. The Hall–Kier alpha value is -1.06. The highest BCUT2D eigenvalue weighted by molar-refractivity contribution is 6.30. The Morgan fingerprint density at radius 2 is 1.87 bits per heavy atom. The van der Waals surface area contributed by atoms with Gasteiger partial charge in [0.1, 0.15) is 0 Å². The Bertz CT molecular complexity index is 525. The number of likely N-dealkylation sites (tertiary alicyclic amines) is 1. The molecule has 2 aliphatic rings. The summed E-state index contributed by atoms with van der Waals surface area (Å²) in [7, 11) is 0. The van der Waals surface area contributed by atoms with Crippen LogP contribution in [0.5, 0.6) is 0 Å². The van der Waals surface area contributed by atoms with Gasteiger partial charge in [-0.25, -0.2) is 0 Å². The van der Waals surface area contributed by atoms with E-state index in [9.17, 15) is 4.79 Å². The maximum absolute atomic E-state index is 13.0. The predicted molar refractivity (Wildman–Crippen MR) is 93.7 cm³/mol. The van der Waals surface area contributed by atoms with Crippen molar-refractivity contribution in [3.63, 3.8) is 0 Å². The molecule has 3 atom stereocenters. The molecule has 3 rings (SSSR count). The first-order valence-corrected chi connectivity index (χ1v) is 9.41. The quantitative estimate of drug-likeness (QED) is 0.871. The maximum Gasteiger partial charge on any atom is 0.283 e. The standard InChI is InChI=1S/C19H27ClN2O/c1-14-5-4-12-22(13-14)18(15-8-10-16(20)11-9-15)19(23)21-17-6-2-3-7-17/h8-11,14,17-18H,2-7,12-13H2,1H3,(H,21,23)/p+1. The summed E-state index contributed by atoms with van der Waals surface area (Å²) in [6.07, 6.45) is 7.22. The number of quaternary nitrogens is 1. The zero-order valence-electron chi connectivity index (χ0n) is 14.0. The molecule has 23 heavy (non-hydrogen) atoms. The number of halogens is 1. The zero-order chi connectivity index (χ0) is 16.2. The lowest BCUT2D eigenvalue weighted by atomic mass is 9.95. The molecule has 1 aliphatic heterocycles. The van der Waals surface area contributed by atoms with Gasteiger partial charge in [0, 0.05) is 22.5 Å². The molecule has 126 valence electrons. The molecule has 0 radical (unpaired) electrons. The fourth-order valence-corrected chi connectivity index (χ4v) is 4.30. The van der Waals surface area contributed by atoms with Crippen LogP contribution in [0.25, 0.3) is 0 Å². The molecule has 1 aliphatic carbocycles. The SMILES string of the molecule is CC1CCC[NH+](C(C(=O)NC2CCCC2)c2ccc(Cl)cc2)C1. The molecule has 4 heteroatoms. The average molecular weight is 336 g/mol. The molecule has 1 aromatic rings. The van der Waals surface area contributed by atoms with Crippen LogP contribution in [0.3, 0.4) is 0 Å². The normalized spacial score (nSPS) is 26.9. The number of amides is 1. The topological polar surface area (TPSA) is 33.5 Å². The minimum atomic E-state index is -0.101. The first-order valence-electron chi connectivity index (χ1n) is 9.04. The van der Waals surface area contributed by atoms with Crippen molar-refractivity contribution in [2.45, 2.75) is 57.5 Å². The van der Waals surface area contributed by atoms with Crippen LogP contribution >= 0.6 is 11.6 Å². The van der Waals surface area contributed by atoms with Crippen LogP contribution in [0.1, 0.15) is 57.1 Å². The molecule has 0 aromatic heterocycles. The third kappa shape index (κ3) is 4.27. The highest BCUT2D eigenvalue weighted by Gasteiger charge is 2.35. The molecule has 0 spiro atoms. The van der Waals surface area contributed by atoms with Crippen molar-refractivity contribution in [2.75, 3.05) is 13.1 Å². The lowest BCUT2D eigenvalue weighted by molar-refractivity contribution is -0.930. The van der Waals surface area contributed by atoms with Crippen LogP contribution in [0, 0.1) is 5.92 Å². The Morgan fingerprint density at radius 3 is 2.52 bits per heavy atom. The monoisotopic (exact) mass is 335 g/mol. The molecule has 3 nitrogen and oxygen atoms in total. The highest BCUT2D eigenvalue weighted by Crippen LogP contribution is 2.20. The lowest BCUT2D eigenvalue weighted by Crippen LogP contribution is -3.15. The summed E-state index contributed by atoms with van der Waals surface area (Å²) in [6, 6.07) is 8.12. The fraction of sp³-hybridized carbons (Fsp3) is 0.632. The molecule has 1 heterocycles.